The predicted molar refractivity (Wildman–Crippen MR) is 75.7 cm³/mol. The van der Waals surface area contributed by atoms with Crippen molar-refractivity contribution in [3.05, 3.63) is 38.5 Å². The zero-order valence-electron chi connectivity index (χ0n) is 10.3. The summed E-state index contributed by atoms with van der Waals surface area (Å²) in [5.74, 6) is 0. The highest BCUT2D eigenvalue weighted by atomic mass is 32.1. The second kappa shape index (κ2) is 6.28. The Balaban J connectivity index is 1.92. The van der Waals surface area contributed by atoms with Gasteiger partial charge in [-0.1, -0.05) is 13.8 Å². The molecule has 0 fully saturated rings. The van der Waals surface area contributed by atoms with Crippen molar-refractivity contribution in [3.63, 3.8) is 0 Å². The third-order valence-electron chi connectivity index (χ3n) is 2.75. The number of hydrogen-bond donors (Lipinski definition) is 1. The van der Waals surface area contributed by atoms with Gasteiger partial charge in [-0.2, -0.15) is 0 Å². The molecule has 2 nitrogen and oxygen atoms in total. The molecule has 0 radical (unpaired) electrons. The minimum Gasteiger partial charge on any atom is -0.303 e. The molecule has 0 aliphatic rings. The largest absolute Gasteiger partial charge is 0.303 e. The second-order valence-corrected chi connectivity index (χ2v) is 6.11. The Kier molecular flexibility index (Phi) is 4.71. The van der Waals surface area contributed by atoms with E-state index in [0.717, 1.165) is 19.4 Å². The van der Waals surface area contributed by atoms with Crippen LogP contribution < -0.4 is 5.32 Å². The highest BCUT2D eigenvalue weighted by Crippen LogP contribution is 2.21. The molecule has 2 rings (SSSR count). The lowest BCUT2D eigenvalue weighted by Gasteiger charge is -2.13. The van der Waals surface area contributed by atoms with Gasteiger partial charge in [0.15, 0.2) is 0 Å². The lowest BCUT2D eigenvalue weighted by Crippen LogP contribution is -2.19. The van der Waals surface area contributed by atoms with Crippen molar-refractivity contribution in [3.8, 4) is 0 Å². The number of thiophene rings is 1. The summed E-state index contributed by atoms with van der Waals surface area (Å²) in [6, 6.07) is 4.85. The van der Waals surface area contributed by atoms with Crippen molar-refractivity contribution >= 4 is 22.7 Å². The zero-order valence-corrected chi connectivity index (χ0v) is 11.9. The molecule has 0 spiro atoms. The minimum atomic E-state index is 0.391. The Labute approximate surface area is 111 Å². The standard InChI is InChI=1S/C13H18N2S2/c1-3-10-5-6-11(17-10)9-15-12(4-2)13-14-7-8-16-13/h5-8,12,15H,3-4,9H2,1-2H3. The third-order valence-corrected chi connectivity index (χ3v) is 4.87. The molecule has 2 heterocycles. The van der Waals surface area contributed by atoms with Gasteiger partial charge in [-0.3, -0.25) is 0 Å². The molecule has 1 unspecified atom stereocenters. The Morgan fingerprint density at radius 1 is 1.29 bits per heavy atom. The maximum absolute atomic E-state index is 4.38. The van der Waals surface area contributed by atoms with E-state index in [1.54, 1.807) is 11.3 Å². The Morgan fingerprint density at radius 3 is 2.71 bits per heavy atom. The van der Waals surface area contributed by atoms with Crippen molar-refractivity contribution in [2.45, 2.75) is 39.3 Å². The van der Waals surface area contributed by atoms with Crippen molar-refractivity contribution in [2.24, 2.45) is 0 Å². The molecule has 0 aliphatic heterocycles. The molecule has 0 aromatic carbocycles. The fraction of sp³-hybridized carbons (Fsp3) is 0.462. The second-order valence-electron chi connectivity index (χ2n) is 3.93. The molecular weight excluding hydrogens is 248 g/mol. The van der Waals surface area contributed by atoms with Gasteiger partial charge in [-0.15, -0.1) is 22.7 Å². The number of aromatic nitrogens is 1. The van der Waals surface area contributed by atoms with Gasteiger partial charge in [0.05, 0.1) is 6.04 Å². The normalized spacial score (nSPS) is 12.8. The Morgan fingerprint density at radius 2 is 2.12 bits per heavy atom. The van der Waals surface area contributed by atoms with Gasteiger partial charge in [-0.25, -0.2) is 4.98 Å². The highest BCUT2D eigenvalue weighted by molar-refractivity contribution is 7.12. The molecule has 2 aromatic rings. The van der Waals surface area contributed by atoms with E-state index in [9.17, 15) is 0 Å². The van der Waals surface area contributed by atoms with Gasteiger partial charge < -0.3 is 5.32 Å². The summed E-state index contributed by atoms with van der Waals surface area (Å²) >= 11 is 3.63. The van der Waals surface area contributed by atoms with Crippen LogP contribution in [0.5, 0.6) is 0 Å². The van der Waals surface area contributed by atoms with E-state index in [-0.39, 0.29) is 0 Å². The fourth-order valence-corrected chi connectivity index (χ4v) is 3.45. The first-order chi connectivity index (χ1) is 8.33. The first-order valence-corrected chi connectivity index (χ1v) is 7.73. The summed E-state index contributed by atoms with van der Waals surface area (Å²) in [7, 11) is 0. The van der Waals surface area contributed by atoms with E-state index in [2.05, 4.69) is 36.3 Å². The van der Waals surface area contributed by atoms with Gasteiger partial charge in [-0.05, 0) is 25.0 Å². The third kappa shape index (κ3) is 3.37. The molecule has 0 bridgehead atoms. The van der Waals surface area contributed by atoms with E-state index in [0.29, 0.717) is 6.04 Å². The number of hydrogen-bond acceptors (Lipinski definition) is 4. The molecule has 0 saturated heterocycles. The van der Waals surface area contributed by atoms with Crippen LogP contribution in [0.25, 0.3) is 0 Å². The van der Waals surface area contributed by atoms with E-state index >= 15 is 0 Å². The maximum atomic E-state index is 4.38. The number of thiazole rings is 1. The van der Waals surface area contributed by atoms with Crippen LogP contribution in [0, 0.1) is 0 Å². The monoisotopic (exact) mass is 266 g/mol. The quantitative estimate of drug-likeness (QED) is 0.854. The number of nitrogens with one attached hydrogen (secondary N) is 1. The van der Waals surface area contributed by atoms with Crippen LogP contribution in [0.15, 0.2) is 23.7 Å². The van der Waals surface area contributed by atoms with Crippen LogP contribution in [0.2, 0.25) is 0 Å². The van der Waals surface area contributed by atoms with Crippen LogP contribution >= 0.6 is 22.7 Å². The summed E-state index contributed by atoms with van der Waals surface area (Å²) < 4.78 is 0. The smallest absolute Gasteiger partial charge is 0.109 e. The minimum absolute atomic E-state index is 0.391. The van der Waals surface area contributed by atoms with Crippen LogP contribution in [0.3, 0.4) is 0 Å². The lowest BCUT2D eigenvalue weighted by molar-refractivity contribution is 0.519. The van der Waals surface area contributed by atoms with Crippen molar-refractivity contribution in [1.82, 2.24) is 10.3 Å². The SMILES string of the molecule is CCc1ccc(CNC(CC)c2nccs2)s1. The predicted octanol–water partition coefficient (Wildman–Crippen LogP) is 4.01. The molecule has 0 aliphatic carbocycles. The average Bonchev–Trinajstić information content (AvgIpc) is 3.00. The van der Waals surface area contributed by atoms with Gasteiger partial charge in [0.2, 0.25) is 0 Å². The van der Waals surface area contributed by atoms with E-state index < -0.39 is 0 Å². The molecule has 0 saturated carbocycles. The number of rotatable bonds is 6. The van der Waals surface area contributed by atoms with Crippen LogP contribution in [0.1, 0.15) is 41.1 Å². The molecular formula is C13H18N2S2. The van der Waals surface area contributed by atoms with E-state index in [4.69, 9.17) is 0 Å². The summed E-state index contributed by atoms with van der Waals surface area (Å²) in [6.45, 7) is 5.35. The van der Waals surface area contributed by atoms with Crippen LogP contribution in [-0.4, -0.2) is 4.98 Å². The molecule has 1 N–H and O–H groups in total. The first kappa shape index (κ1) is 12.7. The fourth-order valence-electron chi connectivity index (χ4n) is 1.74. The molecule has 1 atom stereocenters. The van der Waals surface area contributed by atoms with Crippen LogP contribution in [-0.2, 0) is 13.0 Å². The molecule has 0 amide bonds. The lowest BCUT2D eigenvalue weighted by atomic mass is 10.2. The van der Waals surface area contributed by atoms with Gasteiger partial charge in [0.25, 0.3) is 0 Å². The number of aryl methyl sites for hydroxylation is 1. The summed E-state index contributed by atoms with van der Waals surface area (Å²) in [5, 5.41) is 6.82. The number of nitrogens with zero attached hydrogens (tertiary/aromatic N) is 1. The first-order valence-electron chi connectivity index (χ1n) is 6.03. The van der Waals surface area contributed by atoms with Gasteiger partial charge in [0, 0.05) is 27.9 Å². The summed E-state index contributed by atoms with van der Waals surface area (Å²) in [5.41, 5.74) is 0. The van der Waals surface area contributed by atoms with Gasteiger partial charge >= 0.3 is 0 Å². The van der Waals surface area contributed by atoms with Crippen LogP contribution in [0.4, 0.5) is 0 Å². The zero-order chi connectivity index (χ0) is 12.1. The Bertz CT molecular complexity index is 434. The molecule has 92 valence electrons. The highest BCUT2D eigenvalue weighted by Gasteiger charge is 2.11. The topological polar surface area (TPSA) is 24.9 Å². The van der Waals surface area contributed by atoms with Gasteiger partial charge in [0.1, 0.15) is 5.01 Å². The van der Waals surface area contributed by atoms with Crippen molar-refractivity contribution < 1.29 is 0 Å². The summed E-state index contributed by atoms with van der Waals surface area (Å²) in [6.07, 6.45) is 4.10. The Hall–Kier alpha value is -0.710. The maximum Gasteiger partial charge on any atom is 0.109 e. The van der Waals surface area contributed by atoms with Crippen molar-refractivity contribution in [1.29, 1.82) is 0 Å². The van der Waals surface area contributed by atoms with E-state index in [1.165, 1.54) is 14.8 Å². The summed E-state index contributed by atoms with van der Waals surface area (Å²) in [4.78, 5) is 7.26. The molecule has 2 aromatic heterocycles. The van der Waals surface area contributed by atoms with E-state index in [1.807, 2.05) is 22.9 Å². The molecule has 4 heteroatoms. The van der Waals surface area contributed by atoms with Crippen molar-refractivity contribution in [2.75, 3.05) is 0 Å². The molecule has 17 heavy (non-hydrogen) atoms. The average molecular weight is 266 g/mol.